The average molecular weight is 327 g/mol. The van der Waals surface area contributed by atoms with Crippen molar-refractivity contribution in [2.75, 3.05) is 25.0 Å². The van der Waals surface area contributed by atoms with E-state index in [0.717, 1.165) is 25.9 Å². The summed E-state index contributed by atoms with van der Waals surface area (Å²) in [5.74, 6) is 0.683. The number of rotatable bonds is 2. The first-order chi connectivity index (χ1) is 10.3. The molecule has 1 aromatic heterocycles. The molecule has 6 nitrogen and oxygen atoms in total. The van der Waals surface area contributed by atoms with Crippen LogP contribution in [-0.4, -0.2) is 52.7 Å². The highest BCUT2D eigenvalue weighted by molar-refractivity contribution is 6.30. The smallest absolute Gasteiger partial charge is 0.410 e. The van der Waals surface area contributed by atoms with Gasteiger partial charge in [-0.3, -0.25) is 0 Å². The van der Waals surface area contributed by atoms with Gasteiger partial charge in [0.25, 0.3) is 0 Å². The van der Waals surface area contributed by atoms with Gasteiger partial charge in [-0.25, -0.2) is 14.8 Å². The highest BCUT2D eigenvalue weighted by Gasteiger charge is 2.29. The Labute approximate surface area is 136 Å². The number of hydrogen-bond donors (Lipinski definition) is 0. The van der Waals surface area contributed by atoms with Crippen LogP contribution in [0.1, 0.15) is 33.6 Å². The fraction of sp³-hybridized carbons (Fsp3) is 0.667. The molecular formula is C15H23ClN4O2. The van der Waals surface area contributed by atoms with E-state index < -0.39 is 5.60 Å². The number of carbonyl (C=O) groups excluding carboxylic acids is 1. The first kappa shape index (κ1) is 16.8. The van der Waals surface area contributed by atoms with Crippen LogP contribution in [0.5, 0.6) is 0 Å². The van der Waals surface area contributed by atoms with Gasteiger partial charge in [0.1, 0.15) is 5.60 Å². The third-order valence-corrected chi connectivity index (χ3v) is 3.78. The quantitative estimate of drug-likeness (QED) is 0.836. The zero-order chi connectivity index (χ0) is 16.3. The molecule has 0 N–H and O–H groups in total. The minimum absolute atomic E-state index is 0.179. The Hall–Kier alpha value is -1.56. The summed E-state index contributed by atoms with van der Waals surface area (Å²) in [7, 11) is 1.80. The van der Waals surface area contributed by atoms with Gasteiger partial charge in [-0.05, 0) is 33.6 Å². The zero-order valence-electron chi connectivity index (χ0n) is 13.5. The van der Waals surface area contributed by atoms with E-state index in [1.807, 2.05) is 20.8 Å². The van der Waals surface area contributed by atoms with Crippen molar-refractivity contribution in [3.05, 3.63) is 17.4 Å². The van der Waals surface area contributed by atoms with Gasteiger partial charge >= 0.3 is 6.09 Å². The van der Waals surface area contributed by atoms with E-state index in [1.165, 1.54) is 0 Å². The van der Waals surface area contributed by atoms with Gasteiger partial charge in [0, 0.05) is 26.2 Å². The Morgan fingerprint density at radius 1 is 1.32 bits per heavy atom. The van der Waals surface area contributed by atoms with Gasteiger partial charge in [-0.15, -0.1) is 0 Å². The molecule has 122 valence electrons. The molecule has 1 fully saturated rings. The van der Waals surface area contributed by atoms with Crippen molar-refractivity contribution >= 4 is 23.6 Å². The summed E-state index contributed by atoms with van der Waals surface area (Å²) in [4.78, 5) is 24.4. The molecule has 0 radical (unpaired) electrons. The molecule has 0 spiro atoms. The van der Waals surface area contributed by atoms with E-state index in [0.29, 0.717) is 11.0 Å². The number of carbonyl (C=O) groups is 1. The molecule has 22 heavy (non-hydrogen) atoms. The lowest BCUT2D eigenvalue weighted by atomic mass is 10.0. The van der Waals surface area contributed by atoms with Crippen LogP contribution in [0.25, 0.3) is 0 Å². The highest BCUT2D eigenvalue weighted by Crippen LogP contribution is 2.21. The third kappa shape index (κ3) is 4.47. The Bertz CT molecular complexity index is 507. The molecule has 0 atom stereocenters. The molecule has 0 unspecified atom stereocenters. The van der Waals surface area contributed by atoms with Crippen molar-refractivity contribution in [2.45, 2.75) is 45.3 Å². The summed E-state index contributed by atoms with van der Waals surface area (Å²) in [6, 6.07) is 0.179. The number of nitrogens with zero attached hydrogens (tertiary/aromatic N) is 4. The third-order valence-electron chi connectivity index (χ3n) is 3.58. The highest BCUT2D eigenvalue weighted by atomic mass is 35.5. The van der Waals surface area contributed by atoms with Crippen LogP contribution in [0, 0.1) is 0 Å². The number of ether oxygens (including phenoxy) is 1. The molecule has 7 heteroatoms. The van der Waals surface area contributed by atoms with E-state index in [4.69, 9.17) is 16.3 Å². The maximum Gasteiger partial charge on any atom is 0.410 e. The normalized spacial score (nSPS) is 16.5. The van der Waals surface area contributed by atoms with E-state index in [1.54, 1.807) is 24.3 Å². The van der Waals surface area contributed by atoms with Gasteiger partial charge in [0.05, 0.1) is 17.4 Å². The summed E-state index contributed by atoms with van der Waals surface area (Å²) in [6.45, 7) is 7.23. The zero-order valence-corrected chi connectivity index (χ0v) is 14.3. The molecule has 1 saturated heterocycles. The molecule has 0 saturated carbocycles. The average Bonchev–Trinajstić information content (AvgIpc) is 2.46. The van der Waals surface area contributed by atoms with Crippen LogP contribution in [0.15, 0.2) is 12.4 Å². The second-order valence-electron chi connectivity index (χ2n) is 6.51. The summed E-state index contributed by atoms with van der Waals surface area (Å²) in [5, 5.41) is 0.531. The van der Waals surface area contributed by atoms with Gasteiger partial charge < -0.3 is 14.5 Å². The molecule has 1 aliphatic rings. The van der Waals surface area contributed by atoms with Crippen LogP contribution >= 0.6 is 11.6 Å². The number of piperidine rings is 1. The Balaban J connectivity index is 1.88. The van der Waals surface area contributed by atoms with E-state index in [-0.39, 0.29) is 12.1 Å². The number of amides is 1. The minimum atomic E-state index is -0.469. The molecule has 1 aliphatic heterocycles. The van der Waals surface area contributed by atoms with Crippen molar-refractivity contribution in [3.8, 4) is 0 Å². The maximum absolute atomic E-state index is 12.1. The van der Waals surface area contributed by atoms with Crippen molar-refractivity contribution in [2.24, 2.45) is 0 Å². The molecule has 1 aromatic rings. The standard InChI is InChI=1S/C15H23ClN4O2/c1-15(2,3)22-14(21)19(4)12-5-7-20(8-6-12)13-17-9-11(16)10-18-13/h9-10,12H,5-8H2,1-4H3. The SMILES string of the molecule is CN(C(=O)OC(C)(C)C)C1CCN(c2ncc(Cl)cn2)CC1. The second kappa shape index (κ2) is 6.69. The Morgan fingerprint density at radius 3 is 2.36 bits per heavy atom. The first-order valence-electron chi connectivity index (χ1n) is 7.44. The molecule has 0 aliphatic carbocycles. The van der Waals surface area contributed by atoms with Gasteiger partial charge in [0.15, 0.2) is 0 Å². The van der Waals surface area contributed by atoms with Crippen molar-refractivity contribution in [3.63, 3.8) is 0 Å². The largest absolute Gasteiger partial charge is 0.444 e. The van der Waals surface area contributed by atoms with Crippen molar-refractivity contribution in [1.82, 2.24) is 14.9 Å². The molecule has 0 aromatic carbocycles. The molecule has 1 amide bonds. The van der Waals surface area contributed by atoms with Gasteiger partial charge in [-0.1, -0.05) is 11.6 Å². The maximum atomic E-state index is 12.1. The Kier molecular flexibility index (Phi) is 5.11. The van der Waals surface area contributed by atoms with Crippen molar-refractivity contribution in [1.29, 1.82) is 0 Å². The summed E-state index contributed by atoms with van der Waals surface area (Å²) in [6.07, 6.45) is 4.66. The van der Waals surface area contributed by atoms with Crippen LogP contribution in [0.2, 0.25) is 5.02 Å². The number of halogens is 1. The first-order valence-corrected chi connectivity index (χ1v) is 7.82. The predicted octanol–water partition coefficient (Wildman–Crippen LogP) is 2.97. The fourth-order valence-corrected chi connectivity index (χ4v) is 2.50. The predicted molar refractivity (Wildman–Crippen MR) is 86.3 cm³/mol. The lowest BCUT2D eigenvalue weighted by molar-refractivity contribution is 0.0200. The fourth-order valence-electron chi connectivity index (χ4n) is 2.40. The molecule has 2 rings (SSSR count). The van der Waals surface area contributed by atoms with Crippen LogP contribution in [0.3, 0.4) is 0 Å². The lowest BCUT2D eigenvalue weighted by Gasteiger charge is -2.37. The van der Waals surface area contributed by atoms with Gasteiger partial charge in [0.2, 0.25) is 5.95 Å². The number of aromatic nitrogens is 2. The van der Waals surface area contributed by atoms with Crippen LogP contribution in [0.4, 0.5) is 10.7 Å². The van der Waals surface area contributed by atoms with Crippen LogP contribution in [-0.2, 0) is 4.74 Å². The summed E-state index contributed by atoms with van der Waals surface area (Å²) >= 11 is 5.80. The van der Waals surface area contributed by atoms with Crippen molar-refractivity contribution < 1.29 is 9.53 Å². The monoisotopic (exact) mass is 326 g/mol. The number of anilines is 1. The molecule has 2 heterocycles. The topological polar surface area (TPSA) is 58.6 Å². The molecular weight excluding hydrogens is 304 g/mol. The second-order valence-corrected chi connectivity index (χ2v) is 6.95. The lowest BCUT2D eigenvalue weighted by Crippen LogP contribution is -2.47. The minimum Gasteiger partial charge on any atom is -0.444 e. The summed E-state index contributed by atoms with van der Waals surface area (Å²) < 4.78 is 5.41. The number of hydrogen-bond acceptors (Lipinski definition) is 5. The Morgan fingerprint density at radius 2 is 1.86 bits per heavy atom. The molecule has 0 bridgehead atoms. The van der Waals surface area contributed by atoms with E-state index >= 15 is 0 Å². The van der Waals surface area contributed by atoms with Gasteiger partial charge in [-0.2, -0.15) is 0 Å². The van der Waals surface area contributed by atoms with E-state index in [9.17, 15) is 4.79 Å². The summed E-state index contributed by atoms with van der Waals surface area (Å²) in [5.41, 5.74) is -0.469. The van der Waals surface area contributed by atoms with Crippen LogP contribution < -0.4 is 4.90 Å². The van der Waals surface area contributed by atoms with E-state index in [2.05, 4.69) is 14.9 Å².